The third kappa shape index (κ3) is 34.9. The lowest BCUT2D eigenvalue weighted by Gasteiger charge is -2.48. The summed E-state index contributed by atoms with van der Waals surface area (Å²) in [5, 5.41) is 120. The normalized spacial score (nSPS) is 28.1. The summed E-state index contributed by atoms with van der Waals surface area (Å²) >= 11 is 0. The van der Waals surface area contributed by atoms with Crippen LogP contribution in [-0.4, -0.2) is 193 Å². The fourth-order valence-electron chi connectivity index (χ4n) is 13.0. The highest BCUT2D eigenvalue weighted by Crippen LogP contribution is 2.33. The minimum atomic E-state index is -1.97. The molecule has 3 fully saturated rings. The van der Waals surface area contributed by atoms with E-state index in [4.69, 9.17) is 28.4 Å². The van der Waals surface area contributed by atoms with E-state index in [1.54, 1.807) is 0 Å². The van der Waals surface area contributed by atoms with Crippen LogP contribution >= 0.6 is 0 Å². The summed E-state index contributed by atoms with van der Waals surface area (Å²) in [7, 11) is 0. The lowest BCUT2D eigenvalue weighted by atomic mass is 9.96. The van der Waals surface area contributed by atoms with Gasteiger partial charge in [0, 0.05) is 6.42 Å². The number of aliphatic hydroxyl groups is 11. The molecule has 0 aromatic heterocycles. The number of nitrogens with one attached hydrogen (secondary N) is 1. The van der Waals surface area contributed by atoms with Gasteiger partial charge in [-0.2, -0.15) is 0 Å². The van der Waals surface area contributed by atoms with E-state index in [1.807, 2.05) is 0 Å². The second-order valence-electron chi connectivity index (χ2n) is 26.8. The Hall–Kier alpha value is -1.21. The molecule has 3 heterocycles. The molecular weight excluding hydrogens is 1140 g/mol. The van der Waals surface area contributed by atoms with Crippen LogP contribution in [0.2, 0.25) is 0 Å². The summed E-state index contributed by atoms with van der Waals surface area (Å²) < 4.78 is 34.2. The Labute approximate surface area is 538 Å². The smallest absolute Gasteiger partial charge is 0.220 e. The van der Waals surface area contributed by atoms with Crippen LogP contribution in [-0.2, 0) is 33.2 Å². The number of ether oxygens (including phenoxy) is 6. The van der Waals surface area contributed by atoms with Gasteiger partial charge in [0.15, 0.2) is 18.9 Å². The van der Waals surface area contributed by atoms with E-state index >= 15 is 0 Å². The zero-order valence-corrected chi connectivity index (χ0v) is 55.9. The van der Waals surface area contributed by atoms with Crippen LogP contribution in [0.25, 0.3) is 0 Å². The third-order valence-electron chi connectivity index (χ3n) is 18.9. The van der Waals surface area contributed by atoms with Crippen LogP contribution in [0.15, 0.2) is 0 Å². The molecule has 12 N–H and O–H groups in total. The predicted molar refractivity (Wildman–Crippen MR) is 347 cm³/mol. The molecule has 3 aliphatic rings. The maximum absolute atomic E-state index is 13.3. The number of aliphatic hydroxyl groups excluding tert-OH is 11. The average molecular weight is 1280 g/mol. The highest BCUT2D eigenvalue weighted by molar-refractivity contribution is 5.76. The van der Waals surface area contributed by atoms with E-state index < -0.39 is 124 Å². The molecule has 19 nitrogen and oxygen atoms in total. The van der Waals surface area contributed by atoms with E-state index in [2.05, 4.69) is 19.2 Å². The van der Waals surface area contributed by atoms with E-state index in [0.29, 0.717) is 12.8 Å². The Balaban J connectivity index is 1.20. The zero-order valence-electron chi connectivity index (χ0n) is 55.9. The van der Waals surface area contributed by atoms with Crippen molar-refractivity contribution in [3.63, 3.8) is 0 Å². The Morgan fingerprint density at radius 2 is 0.640 bits per heavy atom. The van der Waals surface area contributed by atoms with Gasteiger partial charge >= 0.3 is 0 Å². The summed E-state index contributed by atoms with van der Waals surface area (Å²) in [5.41, 5.74) is 0. The second kappa shape index (κ2) is 53.0. The molecule has 0 aliphatic carbocycles. The SMILES string of the molecule is CCCCCCCCCCCCCCCCCCCCCCCCCCCCCCCCCCCCCCCCCC(=O)NC(COC1OC(CO)C(OC2OC(CO)C(OC3OC(CO)C(O)C(O)C3O)C(O)C2O)C(O)C1O)C(O)CCCCCCC. The highest BCUT2D eigenvalue weighted by atomic mass is 16.8. The van der Waals surface area contributed by atoms with Gasteiger partial charge in [0.25, 0.3) is 0 Å². The number of amides is 1. The van der Waals surface area contributed by atoms with Crippen molar-refractivity contribution >= 4 is 5.91 Å². The van der Waals surface area contributed by atoms with Crippen molar-refractivity contribution in [2.75, 3.05) is 26.4 Å². The largest absolute Gasteiger partial charge is 0.394 e. The van der Waals surface area contributed by atoms with Gasteiger partial charge in [-0.25, -0.2) is 0 Å². The molecule has 0 radical (unpaired) electrons. The molecule has 0 saturated carbocycles. The molecule has 19 heteroatoms. The molecule has 17 unspecified atom stereocenters. The van der Waals surface area contributed by atoms with Gasteiger partial charge in [0.05, 0.1) is 38.6 Å². The van der Waals surface area contributed by atoms with Crippen LogP contribution in [0.5, 0.6) is 0 Å². The fourth-order valence-corrected chi connectivity index (χ4v) is 13.0. The fraction of sp³-hybridized carbons (Fsp3) is 0.986. The van der Waals surface area contributed by atoms with Crippen molar-refractivity contribution in [1.29, 1.82) is 0 Å². The van der Waals surface area contributed by atoms with Crippen molar-refractivity contribution in [3.05, 3.63) is 0 Å². The quantitative estimate of drug-likeness (QED) is 0.0252. The van der Waals surface area contributed by atoms with E-state index in [-0.39, 0.29) is 18.9 Å². The molecule has 1 amide bonds. The molecule has 528 valence electrons. The first-order chi connectivity index (χ1) is 43.3. The van der Waals surface area contributed by atoms with Crippen molar-refractivity contribution in [2.24, 2.45) is 0 Å². The lowest BCUT2D eigenvalue weighted by Crippen LogP contribution is -2.66. The molecule has 17 atom stereocenters. The number of carbonyl (C=O) groups is 1. The van der Waals surface area contributed by atoms with Crippen LogP contribution in [0, 0.1) is 0 Å². The number of rotatable bonds is 58. The Morgan fingerprint density at radius 3 is 0.978 bits per heavy atom. The minimum Gasteiger partial charge on any atom is -0.394 e. The molecular formula is C70H135NO18. The molecule has 3 rings (SSSR count). The number of hydrogen-bond acceptors (Lipinski definition) is 18. The van der Waals surface area contributed by atoms with Gasteiger partial charge in [0.2, 0.25) is 5.91 Å². The van der Waals surface area contributed by atoms with Crippen LogP contribution < -0.4 is 5.32 Å². The van der Waals surface area contributed by atoms with Crippen LogP contribution in [0.3, 0.4) is 0 Å². The van der Waals surface area contributed by atoms with Crippen LogP contribution in [0.4, 0.5) is 0 Å². The lowest BCUT2D eigenvalue weighted by molar-refractivity contribution is -0.379. The zero-order chi connectivity index (χ0) is 64.7. The van der Waals surface area contributed by atoms with E-state index in [1.165, 1.54) is 225 Å². The molecule has 0 spiro atoms. The Bertz CT molecular complexity index is 1620. The monoisotopic (exact) mass is 1280 g/mol. The first-order valence-electron chi connectivity index (χ1n) is 36.8. The summed E-state index contributed by atoms with van der Waals surface area (Å²) in [6, 6.07) is -0.878. The topological polar surface area (TPSA) is 307 Å². The number of hydrogen-bond donors (Lipinski definition) is 12. The van der Waals surface area contributed by atoms with Crippen molar-refractivity contribution < 1.29 is 89.4 Å². The molecule has 3 saturated heterocycles. The van der Waals surface area contributed by atoms with E-state index in [9.17, 15) is 61.0 Å². The van der Waals surface area contributed by atoms with Gasteiger partial charge in [-0.15, -0.1) is 0 Å². The van der Waals surface area contributed by atoms with Gasteiger partial charge < -0.3 is 89.9 Å². The summed E-state index contributed by atoms with van der Waals surface area (Å²) in [6.07, 6.45) is 31.9. The summed E-state index contributed by atoms with van der Waals surface area (Å²) in [4.78, 5) is 13.3. The standard InChI is InChI=1S/C70H135NO18/c1-3-5-7-9-10-11-12-13-14-15-16-17-18-19-20-21-22-23-24-25-26-27-28-29-30-31-32-33-34-35-36-37-38-39-40-41-42-44-46-48-58(76)71-53(54(75)47-45-43-8-6-4-2)52-84-68-64(82)61(79)66(56(50-73)86-68)89-70-65(83)62(80)67(57(51-74)87-70)88-69-63(81)60(78)59(77)55(49-72)85-69/h53-57,59-70,72-75,77-83H,3-52H2,1-2H3,(H,71,76). The molecule has 0 aromatic rings. The van der Waals surface area contributed by atoms with Gasteiger partial charge in [-0.05, 0) is 12.8 Å². The molecule has 0 bridgehead atoms. The summed E-state index contributed by atoms with van der Waals surface area (Å²) in [6.45, 7) is 1.72. The number of unbranched alkanes of at least 4 members (excludes halogenated alkanes) is 42. The molecule has 0 aromatic carbocycles. The average Bonchev–Trinajstić information content (AvgIpc) is 2.72. The number of carbonyl (C=O) groups excluding carboxylic acids is 1. The summed E-state index contributed by atoms with van der Waals surface area (Å²) in [5.74, 6) is -0.243. The highest BCUT2D eigenvalue weighted by Gasteiger charge is 2.53. The van der Waals surface area contributed by atoms with Crippen molar-refractivity contribution in [3.8, 4) is 0 Å². The second-order valence-corrected chi connectivity index (χ2v) is 26.8. The van der Waals surface area contributed by atoms with Crippen molar-refractivity contribution in [1.82, 2.24) is 5.32 Å². The third-order valence-corrected chi connectivity index (χ3v) is 18.9. The maximum Gasteiger partial charge on any atom is 0.220 e. The van der Waals surface area contributed by atoms with Crippen molar-refractivity contribution in [2.45, 2.75) is 413 Å². The van der Waals surface area contributed by atoms with Gasteiger partial charge in [-0.1, -0.05) is 290 Å². The Morgan fingerprint density at radius 1 is 0.360 bits per heavy atom. The predicted octanol–water partition coefficient (Wildman–Crippen LogP) is 10.3. The van der Waals surface area contributed by atoms with Gasteiger partial charge in [-0.3, -0.25) is 4.79 Å². The first-order valence-corrected chi connectivity index (χ1v) is 36.8. The maximum atomic E-state index is 13.3. The molecule has 3 aliphatic heterocycles. The Kier molecular flexibility index (Phi) is 48.8. The first kappa shape index (κ1) is 82.0. The van der Waals surface area contributed by atoms with Gasteiger partial charge in [0.1, 0.15) is 73.2 Å². The minimum absolute atomic E-state index is 0.243. The van der Waals surface area contributed by atoms with E-state index in [0.717, 1.165) is 51.4 Å². The van der Waals surface area contributed by atoms with Crippen LogP contribution in [0.1, 0.15) is 309 Å². The molecule has 89 heavy (non-hydrogen) atoms.